The zero-order chi connectivity index (χ0) is 10.8. The van der Waals surface area contributed by atoms with E-state index in [4.69, 9.17) is 11.6 Å². The van der Waals surface area contributed by atoms with Crippen molar-refractivity contribution in [2.24, 2.45) is 0 Å². The zero-order valence-electron chi connectivity index (χ0n) is 7.79. The Kier molecular flexibility index (Phi) is 2.83. The number of hydrogen-bond donors (Lipinski definition) is 1. The molecule has 2 heterocycles. The summed E-state index contributed by atoms with van der Waals surface area (Å²) < 4.78 is 13.3. The smallest absolute Gasteiger partial charge is 0.188 e. The summed E-state index contributed by atoms with van der Waals surface area (Å²) in [5.74, 6) is -0.357. The van der Waals surface area contributed by atoms with Crippen LogP contribution >= 0.6 is 22.9 Å². The van der Waals surface area contributed by atoms with Gasteiger partial charge in [-0.3, -0.25) is 0 Å². The van der Waals surface area contributed by atoms with Crippen molar-refractivity contribution in [1.29, 1.82) is 0 Å². The van der Waals surface area contributed by atoms with E-state index in [0.29, 0.717) is 5.13 Å². The van der Waals surface area contributed by atoms with E-state index in [1.807, 2.05) is 6.92 Å². The predicted octanol–water partition coefficient (Wildman–Crippen LogP) is 3.38. The lowest BCUT2D eigenvalue weighted by molar-refractivity contribution is 0.626. The van der Waals surface area contributed by atoms with Crippen molar-refractivity contribution in [2.75, 3.05) is 5.32 Å². The van der Waals surface area contributed by atoms with Gasteiger partial charge in [0.1, 0.15) is 0 Å². The van der Waals surface area contributed by atoms with E-state index in [1.165, 1.54) is 23.6 Å². The molecule has 0 spiro atoms. The van der Waals surface area contributed by atoms with Crippen LogP contribution in [0, 0.1) is 12.7 Å². The number of hydrogen-bond acceptors (Lipinski definition) is 4. The predicted molar refractivity (Wildman–Crippen MR) is 59.3 cm³/mol. The van der Waals surface area contributed by atoms with Gasteiger partial charge >= 0.3 is 0 Å². The molecule has 0 saturated carbocycles. The second-order valence-corrected chi connectivity index (χ2v) is 4.56. The summed E-state index contributed by atoms with van der Waals surface area (Å²) in [6.45, 7) is 1.93. The average molecular weight is 244 g/mol. The van der Waals surface area contributed by atoms with Gasteiger partial charge in [0.15, 0.2) is 16.8 Å². The topological polar surface area (TPSA) is 37.8 Å². The highest BCUT2D eigenvalue weighted by molar-refractivity contribution is 7.15. The van der Waals surface area contributed by atoms with Crippen LogP contribution in [0.1, 0.15) is 4.88 Å². The molecule has 0 aliphatic heterocycles. The SMILES string of the molecule is Cc1cnc(Nc2ncc(Cl)cc2F)s1. The first kappa shape index (κ1) is 10.3. The molecule has 3 nitrogen and oxygen atoms in total. The molecule has 2 aromatic rings. The molecule has 0 aliphatic rings. The summed E-state index contributed by atoms with van der Waals surface area (Å²) in [4.78, 5) is 8.92. The largest absolute Gasteiger partial charge is 0.314 e. The van der Waals surface area contributed by atoms with Crippen LogP contribution in [-0.4, -0.2) is 9.97 Å². The van der Waals surface area contributed by atoms with Crippen LogP contribution in [0.5, 0.6) is 0 Å². The van der Waals surface area contributed by atoms with Crippen molar-refractivity contribution in [1.82, 2.24) is 9.97 Å². The minimum atomic E-state index is -0.490. The highest BCUT2D eigenvalue weighted by Gasteiger charge is 2.06. The molecule has 0 saturated heterocycles. The number of rotatable bonds is 2. The molecule has 6 heteroatoms. The first-order chi connectivity index (χ1) is 7.15. The Morgan fingerprint density at radius 3 is 2.80 bits per heavy atom. The first-order valence-corrected chi connectivity index (χ1v) is 5.35. The van der Waals surface area contributed by atoms with E-state index in [0.717, 1.165) is 4.88 Å². The summed E-state index contributed by atoms with van der Waals surface area (Å²) in [5, 5.41) is 3.67. The van der Waals surface area contributed by atoms with Crippen LogP contribution < -0.4 is 5.32 Å². The van der Waals surface area contributed by atoms with Gasteiger partial charge in [-0.05, 0) is 13.0 Å². The summed E-state index contributed by atoms with van der Waals surface area (Å²) in [6.07, 6.45) is 3.09. The van der Waals surface area contributed by atoms with Crippen LogP contribution in [0.3, 0.4) is 0 Å². The van der Waals surface area contributed by atoms with Crippen LogP contribution in [0.25, 0.3) is 0 Å². The molecule has 2 aromatic heterocycles. The maximum absolute atomic E-state index is 13.3. The second kappa shape index (κ2) is 4.12. The molecular weight excluding hydrogens is 237 g/mol. The fraction of sp³-hybridized carbons (Fsp3) is 0.111. The fourth-order valence-corrected chi connectivity index (χ4v) is 1.83. The molecule has 2 rings (SSSR count). The lowest BCUT2D eigenvalue weighted by Crippen LogP contribution is -1.95. The normalized spacial score (nSPS) is 10.3. The lowest BCUT2D eigenvalue weighted by atomic mass is 10.4. The van der Waals surface area contributed by atoms with E-state index in [-0.39, 0.29) is 10.8 Å². The summed E-state index contributed by atoms with van der Waals surface area (Å²) in [5.41, 5.74) is 0. The van der Waals surface area contributed by atoms with Gasteiger partial charge in [-0.2, -0.15) is 0 Å². The minimum absolute atomic E-state index is 0.133. The van der Waals surface area contributed by atoms with Crippen LogP contribution in [0.15, 0.2) is 18.5 Å². The molecular formula is C9H7ClFN3S. The van der Waals surface area contributed by atoms with E-state index < -0.39 is 5.82 Å². The van der Waals surface area contributed by atoms with Crippen molar-refractivity contribution in [3.8, 4) is 0 Å². The zero-order valence-corrected chi connectivity index (χ0v) is 9.36. The van der Waals surface area contributed by atoms with Crippen LogP contribution in [0.4, 0.5) is 15.3 Å². The molecule has 0 atom stereocenters. The Bertz CT molecular complexity index is 486. The molecule has 78 valence electrons. The van der Waals surface area contributed by atoms with E-state index in [2.05, 4.69) is 15.3 Å². The van der Waals surface area contributed by atoms with Crippen molar-refractivity contribution in [3.05, 3.63) is 34.2 Å². The standard InChI is InChI=1S/C9H7ClFN3S/c1-5-3-13-9(15-5)14-8-7(11)2-6(10)4-12-8/h2-4H,1H3,(H,12,13,14). The molecule has 0 amide bonds. The van der Waals surface area contributed by atoms with Crippen molar-refractivity contribution in [2.45, 2.75) is 6.92 Å². The van der Waals surface area contributed by atoms with Gasteiger partial charge in [0.25, 0.3) is 0 Å². The Morgan fingerprint density at radius 1 is 1.40 bits per heavy atom. The third kappa shape index (κ3) is 2.43. The van der Waals surface area contributed by atoms with Crippen LogP contribution in [0.2, 0.25) is 5.02 Å². The molecule has 0 aromatic carbocycles. The van der Waals surface area contributed by atoms with Gasteiger partial charge in [0, 0.05) is 17.3 Å². The number of pyridine rings is 1. The number of aromatic nitrogens is 2. The second-order valence-electron chi connectivity index (χ2n) is 2.89. The lowest BCUT2D eigenvalue weighted by Gasteiger charge is -2.02. The number of nitrogens with zero attached hydrogens (tertiary/aromatic N) is 2. The Labute approximate surface area is 95.0 Å². The summed E-state index contributed by atoms with van der Waals surface area (Å²) in [6, 6.07) is 1.21. The number of thiazole rings is 1. The van der Waals surface area contributed by atoms with Crippen molar-refractivity contribution < 1.29 is 4.39 Å². The highest BCUT2D eigenvalue weighted by atomic mass is 35.5. The van der Waals surface area contributed by atoms with Crippen molar-refractivity contribution in [3.63, 3.8) is 0 Å². The molecule has 1 N–H and O–H groups in total. The number of anilines is 2. The first-order valence-electron chi connectivity index (χ1n) is 4.15. The van der Waals surface area contributed by atoms with Gasteiger partial charge in [0.2, 0.25) is 0 Å². The maximum atomic E-state index is 13.3. The Balaban J connectivity index is 2.24. The number of aryl methyl sites for hydroxylation is 1. The average Bonchev–Trinajstić information content (AvgIpc) is 2.56. The van der Waals surface area contributed by atoms with Crippen molar-refractivity contribution >= 4 is 33.9 Å². The highest BCUT2D eigenvalue weighted by Crippen LogP contribution is 2.23. The fourth-order valence-electron chi connectivity index (χ4n) is 1.02. The summed E-state index contributed by atoms with van der Waals surface area (Å²) >= 11 is 7.01. The van der Waals surface area contributed by atoms with Crippen LogP contribution in [-0.2, 0) is 0 Å². The summed E-state index contributed by atoms with van der Waals surface area (Å²) in [7, 11) is 0. The molecule has 0 fully saturated rings. The monoisotopic (exact) mass is 243 g/mol. The molecule has 0 radical (unpaired) electrons. The minimum Gasteiger partial charge on any atom is -0.314 e. The van der Waals surface area contributed by atoms with Gasteiger partial charge in [0.05, 0.1) is 5.02 Å². The van der Waals surface area contributed by atoms with E-state index in [1.54, 1.807) is 6.20 Å². The van der Waals surface area contributed by atoms with Gasteiger partial charge < -0.3 is 5.32 Å². The molecule has 0 unspecified atom stereocenters. The Hall–Kier alpha value is -1.20. The molecule has 0 bridgehead atoms. The van der Waals surface area contributed by atoms with Gasteiger partial charge in [-0.1, -0.05) is 11.6 Å². The Morgan fingerprint density at radius 2 is 2.20 bits per heavy atom. The maximum Gasteiger partial charge on any atom is 0.188 e. The third-order valence-electron chi connectivity index (χ3n) is 1.65. The molecule has 0 aliphatic carbocycles. The van der Waals surface area contributed by atoms with Gasteiger partial charge in [-0.15, -0.1) is 11.3 Å². The van der Waals surface area contributed by atoms with Gasteiger partial charge in [-0.25, -0.2) is 14.4 Å². The van der Waals surface area contributed by atoms with E-state index in [9.17, 15) is 4.39 Å². The van der Waals surface area contributed by atoms with E-state index >= 15 is 0 Å². The quantitative estimate of drug-likeness (QED) is 0.879. The molecule has 15 heavy (non-hydrogen) atoms. The number of halogens is 2. The number of nitrogens with one attached hydrogen (secondary N) is 1. The third-order valence-corrected chi connectivity index (χ3v) is 2.69.